The standard InChI is InChI=1S/C18H25BrN4O3/c1-6-20-18(22-10-17-23-11(2)12(3)26-17)21-9-13-7-15(24-4)16(25-5)8-14(13)19/h7-8H,6,9-10H2,1-5H3,(H2,20,21,22). The van der Waals surface area contributed by atoms with Crippen molar-refractivity contribution in [2.24, 2.45) is 4.99 Å². The van der Waals surface area contributed by atoms with Crippen LogP contribution in [0.5, 0.6) is 11.5 Å². The van der Waals surface area contributed by atoms with Crippen molar-refractivity contribution in [2.45, 2.75) is 33.9 Å². The predicted molar refractivity (Wildman–Crippen MR) is 105 cm³/mol. The Morgan fingerprint density at radius 2 is 1.88 bits per heavy atom. The summed E-state index contributed by atoms with van der Waals surface area (Å²) in [6.07, 6.45) is 0. The molecule has 0 radical (unpaired) electrons. The number of aryl methyl sites for hydroxylation is 2. The molecular weight excluding hydrogens is 400 g/mol. The first kappa shape index (κ1) is 20.1. The van der Waals surface area contributed by atoms with Crippen molar-refractivity contribution in [3.05, 3.63) is 39.5 Å². The fourth-order valence-electron chi connectivity index (χ4n) is 2.30. The summed E-state index contributed by atoms with van der Waals surface area (Å²) < 4.78 is 17.2. The van der Waals surface area contributed by atoms with Crippen LogP contribution < -0.4 is 20.1 Å². The van der Waals surface area contributed by atoms with Crippen LogP contribution in [0, 0.1) is 13.8 Å². The Bertz CT molecular complexity index is 755. The second kappa shape index (κ2) is 9.47. The highest BCUT2D eigenvalue weighted by molar-refractivity contribution is 9.10. The zero-order chi connectivity index (χ0) is 19.1. The summed E-state index contributed by atoms with van der Waals surface area (Å²) in [5.74, 6) is 3.50. The van der Waals surface area contributed by atoms with Gasteiger partial charge < -0.3 is 24.5 Å². The van der Waals surface area contributed by atoms with Gasteiger partial charge in [0.05, 0.1) is 33.0 Å². The molecule has 8 heteroatoms. The minimum Gasteiger partial charge on any atom is -0.493 e. The normalized spacial score (nSPS) is 11.4. The number of halogens is 1. The first-order valence-corrected chi connectivity index (χ1v) is 9.13. The van der Waals surface area contributed by atoms with E-state index in [9.17, 15) is 0 Å². The molecule has 2 rings (SSSR count). The van der Waals surface area contributed by atoms with Crippen LogP contribution in [0.4, 0.5) is 0 Å². The summed E-state index contributed by atoms with van der Waals surface area (Å²) in [4.78, 5) is 8.98. The third-order valence-electron chi connectivity index (χ3n) is 3.78. The van der Waals surface area contributed by atoms with E-state index in [0.29, 0.717) is 36.4 Å². The maximum absolute atomic E-state index is 5.59. The lowest BCUT2D eigenvalue weighted by atomic mass is 10.2. The lowest BCUT2D eigenvalue weighted by molar-refractivity contribution is 0.354. The van der Waals surface area contributed by atoms with E-state index in [-0.39, 0.29) is 0 Å². The lowest BCUT2D eigenvalue weighted by Crippen LogP contribution is -2.36. The summed E-state index contributed by atoms with van der Waals surface area (Å²) in [5, 5.41) is 6.44. The van der Waals surface area contributed by atoms with Gasteiger partial charge in [0, 0.05) is 11.0 Å². The summed E-state index contributed by atoms with van der Waals surface area (Å²) in [6, 6.07) is 3.79. The van der Waals surface area contributed by atoms with E-state index in [1.165, 1.54) is 0 Å². The van der Waals surface area contributed by atoms with E-state index in [1.54, 1.807) is 14.2 Å². The number of oxazole rings is 1. The van der Waals surface area contributed by atoms with E-state index in [0.717, 1.165) is 28.0 Å². The molecule has 142 valence electrons. The van der Waals surface area contributed by atoms with Crippen LogP contribution in [-0.2, 0) is 13.1 Å². The van der Waals surface area contributed by atoms with Crippen molar-refractivity contribution in [3.63, 3.8) is 0 Å². The van der Waals surface area contributed by atoms with Gasteiger partial charge in [0.2, 0.25) is 5.89 Å². The van der Waals surface area contributed by atoms with Gasteiger partial charge in [-0.1, -0.05) is 15.9 Å². The quantitative estimate of drug-likeness (QED) is 0.523. The number of nitrogens with one attached hydrogen (secondary N) is 2. The number of guanidine groups is 1. The number of nitrogens with zero attached hydrogens (tertiary/aromatic N) is 2. The summed E-state index contributed by atoms with van der Waals surface area (Å²) in [7, 11) is 3.23. The maximum atomic E-state index is 5.59. The third kappa shape index (κ3) is 5.14. The molecule has 2 N–H and O–H groups in total. The minimum atomic E-state index is 0.466. The van der Waals surface area contributed by atoms with Crippen LogP contribution in [0.1, 0.15) is 29.8 Å². The van der Waals surface area contributed by atoms with Crippen LogP contribution in [0.15, 0.2) is 26.0 Å². The number of hydrogen-bond donors (Lipinski definition) is 2. The monoisotopic (exact) mass is 424 g/mol. The Morgan fingerprint density at radius 1 is 1.19 bits per heavy atom. The Kier molecular flexibility index (Phi) is 7.32. The first-order valence-electron chi connectivity index (χ1n) is 8.34. The molecule has 0 saturated heterocycles. The fraction of sp³-hybridized carbons (Fsp3) is 0.444. The zero-order valence-corrected chi connectivity index (χ0v) is 17.4. The SMILES string of the molecule is CCNC(=NCc1cc(OC)c(OC)cc1Br)NCc1nc(C)c(C)o1. The van der Waals surface area contributed by atoms with Gasteiger partial charge in [-0.05, 0) is 38.5 Å². The highest BCUT2D eigenvalue weighted by Gasteiger charge is 2.10. The topological polar surface area (TPSA) is 80.9 Å². The molecule has 1 aromatic heterocycles. The van der Waals surface area contributed by atoms with Crippen molar-refractivity contribution < 1.29 is 13.9 Å². The second-order valence-electron chi connectivity index (χ2n) is 5.60. The number of hydrogen-bond acceptors (Lipinski definition) is 5. The first-order chi connectivity index (χ1) is 12.5. The van der Waals surface area contributed by atoms with Gasteiger partial charge in [0.1, 0.15) is 5.76 Å². The van der Waals surface area contributed by atoms with Gasteiger partial charge in [-0.3, -0.25) is 0 Å². The van der Waals surface area contributed by atoms with Crippen LogP contribution in [0.2, 0.25) is 0 Å². The highest BCUT2D eigenvalue weighted by atomic mass is 79.9. The molecule has 2 aromatic rings. The summed E-state index contributed by atoms with van der Waals surface area (Å²) >= 11 is 3.56. The second-order valence-corrected chi connectivity index (χ2v) is 6.45. The minimum absolute atomic E-state index is 0.466. The average molecular weight is 425 g/mol. The molecule has 0 fully saturated rings. The van der Waals surface area contributed by atoms with Gasteiger partial charge in [0.25, 0.3) is 0 Å². The number of ether oxygens (including phenoxy) is 2. The number of aromatic nitrogens is 1. The Hall–Kier alpha value is -2.22. The van der Waals surface area contributed by atoms with E-state index in [2.05, 4.69) is 36.5 Å². The molecular formula is C18H25BrN4O3. The zero-order valence-electron chi connectivity index (χ0n) is 15.8. The summed E-state index contributed by atoms with van der Waals surface area (Å²) in [6.45, 7) is 7.54. The number of methoxy groups -OCH3 is 2. The molecule has 0 atom stereocenters. The van der Waals surface area contributed by atoms with Gasteiger partial charge >= 0.3 is 0 Å². The molecule has 0 aliphatic heterocycles. The van der Waals surface area contributed by atoms with Crippen LogP contribution in [0.3, 0.4) is 0 Å². The van der Waals surface area contributed by atoms with Crippen LogP contribution in [-0.4, -0.2) is 31.7 Å². The van der Waals surface area contributed by atoms with Gasteiger partial charge in [-0.15, -0.1) is 0 Å². The molecule has 26 heavy (non-hydrogen) atoms. The number of benzene rings is 1. The molecule has 0 amide bonds. The smallest absolute Gasteiger partial charge is 0.214 e. The Labute approximate surface area is 162 Å². The number of aliphatic imine (C=N–C) groups is 1. The molecule has 0 spiro atoms. The molecule has 0 bridgehead atoms. The molecule has 1 heterocycles. The van der Waals surface area contributed by atoms with Gasteiger partial charge in [-0.25, -0.2) is 9.98 Å². The molecule has 7 nitrogen and oxygen atoms in total. The van der Waals surface area contributed by atoms with Gasteiger partial charge in [0.15, 0.2) is 17.5 Å². The van der Waals surface area contributed by atoms with E-state index < -0.39 is 0 Å². The highest BCUT2D eigenvalue weighted by Crippen LogP contribution is 2.33. The average Bonchev–Trinajstić information content (AvgIpc) is 2.95. The van der Waals surface area contributed by atoms with Crippen molar-refractivity contribution in [2.75, 3.05) is 20.8 Å². The van der Waals surface area contributed by atoms with Crippen molar-refractivity contribution in [1.82, 2.24) is 15.6 Å². The maximum Gasteiger partial charge on any atom is 0.214 e. The molecule has 0 unspecified atom stereocenters. The van der Waals surface area contributed by atoms with Crippen LogP contribution in [0.25, 0.3) is 0 Å². The van der Waals surface area contributed by atoms with Crippen LogP contribution >= 0.6 is 15.9 Å². The van der Waals surface area contributed by atoms with Crippen molar-refractivity contribution >= 4 is 21.9 Å². The molecule has 0 aliphatic rings. The van der Waals surface area contributed by atoms with E-state index in [4.69, 9.17) is 13.9 Å². The number of rotatable bonds is 7. The largest absolute Gasteiger partial charge is 0.493 e. The van der Waals surface area contributed by atoms with E-state index in [1.807, 2.05) is 32.9 Å². The van der Waals surface area contributed by atoms with Gasteiger partial charge in [-0.2, -0.15) is 0 Å². The summed E-state index contributed by atoms with van der Waals surface area (Å²) in [5.41, 5.74) is 1.89. The van der Waals surface area contributed by atoms with Crippen molar-refractivity contribution in [3.8, 4) is 11.5 Å². The van der Waals surface area contributed by atoms with E-state index >= 15 is 0 Å². The lowest BCUT2D eigenvalue weighted by Gasteiger charge is -2.12. The predicted octanol–water partition coefficient (Wildman–Crippen LogP) is 3.33. The van der Waals surface area contributed by atoms with Crippen molar-refractivity contribution in [1.29, 1.82) is 0 Å². The Morgan fingerprint density at radius 3 is 2.46 bits per heavy atom. The molecule has 0 saturated carbocycles. The molecule has 0 aliphatic carbocycles. The molecule has 1 aromatic carbocycles. The third-order valence-corrected chi connectivity index (χ3v) is 4.52. The fourth-order valence-corrected chi connectivity index (χ4v) is 2.75. The Balaban J connectivity index is 2.10.